The summed E-state index contributed by atoms with van der Waals surface area (Å²) in [4.78, 5) is 13.7. The first-order chi connectivity index (χ1) is 7.69. The van der Waals surface area contributed by atoms with E-state index in [-0.39, 0.29) is 12.1 Å². The zero-order chi connectivity index (χ0) is 13.2. The van der Waals surface area contributed by atoms with Gasteiger partial charge in [-0.05, 0) is 39.5 Å². The van der Waals surface area contributed by atoms with Crippen molar-refractivity contribution in [3.05, 3.63) is 0 Å². The average Bonchev–Trinajstić information content (AvgIpc) is 2.42. The molecule has 1 aliphatic rings. The third kappa shape index (κ3) is 4.54. The normalized spacial score (nSPS) is 25.5. The highest BCUT2D eigenvalue weighted by Crippen LogP contribution is 2.25. The Morgan fingerprint density at radius 1 is 1.47 bits per heavy atom. The molecule has 1 heterocycles. The molecule has 1 aliphatic heterocycles. The highest BCUT2D eigenvalue weighted by atomic mass is 16.6. The van der Waals surface area contributed by atoms with Crippen LogP contribution < -0.4 is 0 Å². The maximum Gasteiger partial charge on any atom is 0.410 e. The van der Waals surface area contributed by atoms with Crippen molar-refractivity contribution in [1.82, 2.24) is 4.90 Å². The number of ether oxygens (including phenoxy) is 1. The molecule has 0 bridgehead atoms. The molecule has 100 valence electrons. The third-order valence-electron chi connectivity index (χ3n) is 2.76. The summed E-state index contributed by atoms with van der Waals surface area (Å²) in [6.07, 6.45) is 0.860. The van der Waals surface area contributed by atoms with Crippen LogP contribution in [0.5, 0.6) is 0 Å². The lowest BCUT2D eigenvalue weighted by atomic mass is 10.0. The zero-order valence-corrected chi connectivity index (χ0v) is 11.6. The van der Waals surface area contributed by atoms with Gasteiger partial charge in [-0.3, -0.25) is 0 Å². The summed E-state index contributed by atoms with van der Waals surface area (Å²) in [6.45, 7) is 10.2. The number of hydrogen-bond donors (Lipinski definition) is 1. The van der Waals surface area contributed by atoms with Crippen LogP contribution >= 0.6 is 0 Å². The molecule has 1 N–H and O–H groups in total. The van der Waals surface area contributed by atoms with Crippen molar-refractivity contribution >= 4 is 6.09 Å². The minimum atomic E-state index is -0.479. The molecule has 0 aromatic heterocycles. The standard InChI is InChI=1S/C13H25NO3/c1-9(2)6-10-7-11(15)8-14(10)12(16)17-13(3,4)5/h9-11,15H,6-8H2,1-5H3. The SMILES string of the molecule is CC(C)CC1CC(O)CN1C(=O)OC(C)(C)C. The number of aliphatic hydroxyl groups excluding tert-OH is 1. The summed E-state index contributed by atoms with van der Waals surface area (Å²) in [5.41, 5.74) is -0.479. The summed E-state index contributed by atoms with van der Waals surface area (Å²) in [5, 5.41) is 9.68. The van der Waals surface area contributed by atoms with Gasteiger partial charge in [0.15, 0.2) is 0 Å². The van der Waals surface area contributed by atoms with Gasteiger partial charge in [-0.1, -0.05) is 13.8 Å². The van der Waals surface area contributed by atoms with Gasteiger partial charge in [0.05, 0.1) is 12.6 Å². The molecule has 1 saturated heterocycles. The van der Waals surface area contributed by atoms with Gasteiger partial charge in [0.1, 0.15) is 5.60 Å². The van der Waals surface area contributed by atoms with Crippen LogP contribution in [0.4, 0.5) is 4.79 Å². The van der Waals surface area contributed by atoms with E-state index in [0.717, 1.165) is 6.42 Å². The summed E-state index contributed by atoms with van der Waals surface area (Å²) in [5.74, 6) is 0.509. The van der Waals surface area contributed by atoms with Crippen molar-refractivity contribution in [2.24, 2.45) is 5.92 Å². The van der Waals surface area contributed by atoms with Crippen LogP contribution in [0.2, 0.25) is 0 Å². The summed E-state index contributed by atoms with van der Waals surface area (Å²) >= 11 is 0. The Morgan fingerprint density at radius 2 is 2.06 bits per heavy atom. The highest BCUT2D eigenvalue weighted by Gasteiger charge is 2.36. The summed E-state index contributed by atoms with van der Waals surface area (Å²) in [7, 11) is 0. The van der Waals surface area contributed by atoms with Gasteiger partial charge in [-0.25, -0.2) is 4.79 Å². The minimum absolute atomic E-state index is 0.111. The Kier molecular flexibility index (Phi) is 4.42. The molecule has 0 saturated carbocycles. The fourth-order valence-electron chi connectivity index (χ4n) is 2.20. The molecule has 0 radical (unpaired) electrons. The van der Waals surface area contributed by atoms with Gasteiger partial charge in [0.2, 0.25) is 0 Å². The first kappa shape index (κ1) is 14.3. The van der Waals surface area contributed by atoms with E-state index >= 15 is 0 Å². The Bertz CT molecular complexity index is 270. The van der Waals surface area contributed by atoms with Gasteiger partial charge < -0.3 is 14.7 Å². The lowest BCUT2D eigenvalue weighted by Crippen LogP contribution is -2.40. The monoisotopic (exact) mass is 243 g/mol. The van der Waals surface area contributed by atoms with E-state index in [1.165, 1.54) is 0 Å². The quantitative estimate of drug-likeness (QED) is 0.810. The molecule has 2 atom stereocenters. The minimum Gasteiger partial charge on any atom is -0.444 e. The molecule has 1 fully saturated rings. The van der Waals surface area contributed by atoms with Crippen LogP contribution in [0.15, 0.2) is 0 Å². The molecule has 0 aliphatic carbocycles. The maximum absolute atomic E-state index is 12.0. The second-order valence-corrected chi connectivity index (χ2v) is 6.31. The molecule has 17 heavy (non-hydrogen) atoms. The smallest absolute Gasteiger partial charge is 0.410 e. The lowest BCUT2D eigenvalue weighted by molar-refractivity contribution is 0.0195. The molecule has 1 amide bonds. The fourth-order valence-corrected chi connectivity index (χ4v) is 2.20. The second-order valence-electron chi connectivity index (χ2n) is 6.31. The molecule has 4 heteroatoms. The Labute approximate surface area is 104 Å². The average molecular weight is 243 g/mol. The van der Waals surface area contributed by atoms with Gasteiger partial charge >= 0.3 is 6.09 Å². The Morgan fingerprint density at radius 3 is 2.53 bits per heavy atom. The van der Waals surface area contributed by atoms with E-state index in [0.29, 0.717) is 18.9 Å². The summed E-state index contributed by atoms with van der Waals surface area (Å²) in [6, 6.07) is 0.111. The Balaban J connectivity index is 2.63. The molecule has 0 aromatic rings. The maximum atomic E-state index is 12.0. The van der Waals surface area contributed by atoms with E-state index in [2.05, 4.69) is 13.8 Å². The van der Waals surface area contributed by atoms with Crippen molar-refractivity contribution in [2.75, 3.05) is 6.54 Å². The molecular weight excluding hydrogens is 218 g/mol. The topological polar surface area (TPSA) is 49.8 Å². The number of hydrogen-bond acceptors (Lipinski definition) is 3. The molecule has 4 nitrogen and oxygen atoms in total. The number of amides is 1. The first-order valence-electron chi connectivity index (χ1n) is 6.36. The third-order valence-corrected chi connectivity index (χ3v) is 2.76. The number of nitrogens with zero attached hydrogens (tertiary/aromatic N) is 1. The number of rotatable bonds is 2. The van der Waals surface area contributed by atoms with Crippen molar-refractivity contribution in [3.63, 3.8) is 0 Å². The number of carbonyl (C=O) groups is 1. The van der Waals surface area contributed by atoms with E-state index in [1.54, 1.807) is 4.90 Å². The van der Waals surface area contributed by atoms with Crippen LogP contribution in [-0.2, 0) is 4.74 Å². The van der Waals surface area contributed by atoms with E-state index in [1.807, 2.05) is 20.8 Å². The van der Waals surface area contributed by atoms with E-state index < -0.39 is 11.7 Å². The molecule has 0 aromatic carbocycles. The fraction of sp³-hybridized carbons (Fsp3) is 0.923. The predicted octanol–water partition coefficient (Wildman–Crippen LogP) is 2.40. The number of aliphatic hydroxyl groups is 1. The van der Waals surface area contributed by atoms with Crippen LogP contribution in [0.1, 0.15) is 47.5 Å². The van der Waals surface area contributed by atoms with Gasteiger partial charge in [-0.2, -0.15) is 0 Å². The second kappa shape index (κ2) is 5.25. The van der Waals surface area contributed by atoms with Crippen LogP contribution in [0.25, 0.3) is 0 Å². The van der Waals surface area contributed by atoms with Gasteiger partial charge in [0, 0.05) is 6.04 Å². The van der Waals surface area contributed by atoms with Crippen LogP contribution in [0.3, 0.4) is 0 Å². The number of β-amino-alcohol motifs (C(OH)–C–C–N with tert-alkyl or cyclic N) is 1. The van der Waals surface area contributed by atoms with E-state index in [9.17, 15) is 9.90 Å². The van der Waals surface area contributed by atoms with Crippen molar-refractivity contribution in [1.29, 1.82) is 0 Å². The largest absolute Gasteiger partial charge is 0.444 e. The molecular formula is C13H25NO3. The van der Waals surface area contributed by atoms with Crippen LogP contribution in [-0.4, -0.2) is 40.4 Å². The number of carbonyl (C=O) groups excluding carboxylic acids is 1. The Hall–Kier alpha value is -0.770. The zero-order valence-electron chi connectivity index (χ0n) is 11.6. The molecule has 1 rings (SSSR count). The highest BCUT2D eigenvalue weighted by molar-refractivity contribution is 5.69. The van der Waals surface area contributed by atoms with E-state index in [4.69, 9.17) is 4.74 Å². The number of likely N-dealkylation sites (tertiary alicyclic amines) is 1. The van der Waals surface area contributed by atoms with Gasteiger partial charge in [-0.15, -0.1) is 0 Å². The molecule has 2 unspecified atom stereocenters. The summed E-state index contributed by atoms with van der Waals surface area (Å²) < 4.78 is 5.36. The van der Waals surface area contributed by atoms with Crippen LogP contribution in [0, 0.1) is 5.92 Å². The molecule has 0 spiro atoms. The van der Waals surface area contributed by atoms with Crippen molar-refractivity contribution in [2.45, 2.75) is 65.2 Å². The van der Waals surface area contributed by atoms with Crippen molar-refractivity contribution in [3.8, 4) is 0 Å². The van der Waals surface area contributed by atoms with Gasteiger partial charge in [0.25, 0.3) is 0 Å². The first-order valence-corrected chi connectivity index (χ1v) is 6.36. The predicted molar refractivity (Wildman–Crippen MR) is 66.8 cm³/mol. The van der Waals surface area contributed by atoms with Crippen molar-refractivity contribution < 1.29 is 14.6 Å². The lowest BCUT2D eigenvalue weighted by Gasteiger charge is -2.29.